The van der Waals surface area contributed by atoms with Gasteiger partial charge in [-0.25, -0.2) is 9.97 Å². The molecule has 2 amide bonds. The summed E-state index contributed by atoms with van der Waals surface area (Å²) in [5.74, 6) is 3.59. The third kappa shape index (κ3) is 13.5. The molecule has 8 nitrogen and oxygen atoms in total. The van der Waals surface area contributed by atoms with Crippen molar-refractivity contribution in [3.05, 3.63) is 72.6 Å². The lowest BCUT2D eigenvalue weighted by Crippen LogP contribution is -2.26. The monoisotopic (exact) mass is 709 g/mol. The Balaban J connectivity index is 0.000000692. The van der Waals surface area contributed by atoms with E-state index in [0.717, 1.165) is 70.0 Å². The van der Waals surface area contributed by atoms with Gasteiger partial charge in [-0.1, -0.05) is 132 Å². The lowest BCUT2D eigenvalue weighted by Gasteiger charge is -2.06. The fourth-order valence-electron chi connectivity index (χ4n) is 5.30. The van der Waals surface area contributed by atoms with Gasteiger partial charge < -0.3 is 20.6 Å². The number of carbonyl (C=O) groups excluding carboxylic acids is 2. The molecule has 2 unspecified atom stereocenters. The number of H-pyrrole nitrogens is 2. The SMILES string of the molecule is C#C.CC.CC(C)C.CC(C)C.CC1(C)CC1C(=O)NCc1ncc(-c2ccc(-c3ccc(-c4cnc(CNC(=O)C5CC5(C)C)[nH]4)cc3)cc2)[nH]1. The molecule has 2 aliphatic rings. The van der Waals surface area contributed by atoms with Gasteiger partial charge in [0.05, 0.1) is 36.9 Å². The topological polar surface area (TPSA) is 116 Å². The van der Waals surface area contributed by atoms with Gasteiger partial charge in [0.25, 0.3) is 0 Å². The van der Waals surface area contributed by atoms with Gasteiger partial charge in [-0.3, -0.25) is 9.59 Å². The Labute approximate surface area is 313 Å². The largest absolute Gasteiger partial charge is 0.349 e. The normalized spacial score (nSPS) is 17.0. The molecule has 2 atom stereocenters. The fourth-order valence-corrected chi connectivity index (χ4v) is 5.30. The molecule has 0 aliphatic heterocycles. The van der Waals surface area contributed by atoms with E-state index < -0.39 is 0 Å². The summed E-state index contributed by atoms with van der Waals surface area (Å²) in [7, 11) is 0. The van der Waals surface area contributed by atoms with E-state index >= 15 is 0 Å². The Morgan fingerprint density at radius 3 is 1.13 bits per heavy atom. The summed E-state index contributed by atoms with van der Waals surface area (Å²) in [6, 6.07) is 16.7. The van der Waals surface area contributed by atoms with Crippen LogP contribution >= 0.6 is 0 Å². The van der Waals surface area contributed by atoms with E-state index in [1.165, 1.54) is 0 Å². The van der Waals surface area contributed by atoms with Gasteiger partial charge in [0, 0.05) is 11.8 Å². The number of imidazole rings is 2. The van der Waals surface area contributed by atoms with Crippen LogP contribution in [-0.4, -0.2) is 31.8 Å². The fraction of sp³-hybridized carbons (Fsp3) is 0.500. The van der Waals surface area contributed by atoms with Gasteiger partial charge in [-0.05, 0) is 57.8 Å². The molecular weight excluding hydrogens is 645 g/mol. The van der Waals surface area contributed by atoms with E-state index in [1.54, 1.807) is 0 Å². The number of nitrogens with one attached hydrogen (secondary N) is 4. The van der Waals surface area contributed by atoms with E-state index in [2.05, 4.69) is 161 Å². The number of nitrogens with zero attached hydrogens (tertiary/aromatic N) is 2. The van der Waals surface area contributed by atoms with E-state index in [9.17, 15) is 9.59 Å². The average Bonchev–Trinajstić information content (AvgIpc) is 3.70. The van der Waals surface area contributed by atoms with Gasteiger partial charge in [0.2, 0.25) is 11.8 Å². The first-order valence-electron chi connectivity index (χ1n) is 18.7. The van der Waals surface area contributed by atoms with Crippen molar-refractivity contribution in [2.24, 2.45) is 34.5 Å². The summed E-state index contributed by atoms with van der Waals surface area (Å²) < 4.78 is 0. The predicted octanol–water partition coefficient (Wildman–Crippen LogP) is 10.1. The molecule has 0 spiro atoms. The van der Waals surface area contributed by atoms with Crippen LogP contribution < -0.4 is 10.6 Å². The number of benzene rings is 2. The highest BCUT2D eigenvalue weighted by molar-refractivity contribution is 5.82. The van der Waals surface area contributed by atoms with E-state index in [1.807, 2.05) is 26.2 Å². The molecule has 282 valence electrons. The number of aromatic nitrogens is 4. The summed E-state index contributed by atoms with van der Waals surface area (Å²) >= 11 is 0. The van der Waals surface area contributed by atoms with Crippen LogP contribution in [0.3, 0.4) is 0 Å². The highest BCUT2D eigenvalue weighted by atomic mass is 16.2. The van der Waals surface area contributed by atoms with Gasteiger partial charge in [0.1, 0.15) is 11.6 Å². The molecule has 2 heterocycles. The maximum Gasteiger partial charge on any atom is 0.224 e. The second-order valence-electron chi connectivity index (χ2n) is 16.0. The highest BCUT2D eigenvalue weighted by Gasteiger charge is 2.51. The summed E-state index contributed by atoms with van der Waals surface area (Å²) in [6.45, 7) is 26.3. The van der Waals surface area contributed by atoms with Crippen molar-refractivity contribution in [2.45, 2.75) is 109 Å². The van der Waals surface area contributed by atoms with Crippen molar-refractivity contribution in [3.63, 3.8) is 0 Å². The van der Waals surface area contributed by atoms with Crippen LogP contribution in [0.15, 0.2) is 60.9 Å². The van der Waals surface area contributed by atoms with E-state index in [-0.39, 0.29) is 34.5 Å². The molecule has 0 radical (unpaired) electrons. The maximum absolute atomic E-state index is 12.3. The zero-order valence-corrected chi connectivity index (χ0v) is 33.8. The summed E-state index contributed by atoms with van der Waals surface area (Å²) in [4.78, 5) is 40.0. The van der Waals surface area contributed by atoms with Gasteiger partial charge >= 0.3 is 0 Å². The van der Waals surface area contributed by atoms with Crippen molar-refractivity contribution >= 4 is 11.8 Å². The number of hydrogen-bond acceptors (Lipinski definition) is 4. The molecule has 2 saturated carbocycles. The molecule has 6 rings (SSSR count). The van der Waals surface area contributed by atoms with Crippen LogP contribution in [0.5, 0.6) is 0 Å². The molecule has 4 aromatic rings. The molecular formula is C44H64N6O2. The van der Waals surface area contributed by atoms with Crippen LogP contribution in [0.4, 0.5) is 0 Å². The van der Waals surface area contributed by atoms with Crippen molar-refractivity contribution in [1.29, 1.82) is 0 Å². The van der Waals surface area contributed by atoms with Crippen molar-refractivity contribution in [3.8, 4) is 46.5 Å². The molecule has 2 aliphatic carbocycles. The van der Waals surface area contributed by atoms with Crippen LogP contribution in [0.2, 0.25) is 0 Å². The molecule has 8 heteroatoms. The first-order valence-corrected chi connectivity index (χ1v) is 18.7. The first-order chi connectivity index (χ1) is 24.6. The molecule has 0 bridgehead atoms. The van der Waals surface area contributed by atoms with Gasteiger partial charge in [0.15, 0.2) is 0 Å². The minimum Gasteiger partial charge on any atom is -0.349 e. The molecule has 52 heavy (non-hydrogen) atoms. The van der Waals surface area contributed by atoms with Crippen molar-refractivity contribution in [2.75, 3.05) is 0 Å². The van der Waals surface area contributed by atoms with E-state index in [0.29, 0.717) is 13.1 Å². The summed E-state index contributed by atoms with van der Waals surface area (Å²) in [5, 5.41) is 5.99. The van der Waals surface area contributed by atoms with Crippen LogP contribution in [0.25, 0.3) is 33.6 Å². The standard InChI is InChI=1S/C32H36N6O2.2C4H10.C2H6.C2H2/c1-31(2)13-23(31)29(39)35-17-27-33-15-25(37-27)21-9-5-19(6-10-21)20-7-11-22(12-8-20)26-16-34-28(38-26)18-36-30(40)24-14-32(24,3)4;2*1-4(2)3;2*1-2/h5-12,15-16,23-24H,13-14,17-18H2,1-4H3,(H,33,37)(H,34,38)(H,35,39)(H,36,40);2*4H,1-3H3;1-2H3;1-2H. The van der Waals surface area contributed by atoms with Gasteiger partial charge in [-0.2, -0.15) is 0 Å². The summed E-state index contributed by atoms with van der Waals surface area (Å²) in [6.07, 6.45) is 13.5. The highest BCUT2D eigenvalue weighted by Crippen LogP contribution is 2.52. The second kappa shape index (κ2) is 19.8. The Bertz CT molecular complexity index is 1560. The van der Waals surface area contributed by atoms with Crippen LogP contribution in [0.1, 0.15) is 108 Å². The molecule has 2 fully saturated rings. The second-order valence-corrected chi connectivity index (χ2v) is 16.0. The zero-order valence-electron chi connectivity index (χ0n) is 33.8. The lowest BCUT2D eigenvalue weighted by atomic mass is 10.0. The number of amides is 2. The summed E-state index contributed by atoms with van der Waals surface area (Å²) in [5.41, 5.74) is 6.39. The quantitative estimate of drug-likeness (QED) is 0.130. The van der Waals surface area contributed by atoms with Crippen LogP contribution in [0, 0.1) is 47.3 Å². The number of carbonyl (C=O) groups is 2. The molecule has 4 N–H and O–H groups in total. The zero-order chi connectivity index (χ0) is 39.2. The number of aromatic amines is 2. The van der Waals surface area contributed by atoms with Gasteiger partial charge in [-0.15, -0.1) is 12.8 Å². The Morgan fingerprint density at radius 1 is 0.635 bits per heavy atom. The van der Waals surface area contributed by atoms with Crippen molar-refractivity contribution in [1.82, 2.24) is 30.6 Å². The van der Waals surface area contributed by atoms with E-state index in [4.69, 9.17) is 0 Å². The maximum atomic E-state index is 12.3. The first kappa shape index (κ1) is 43.5. The Morgan fingerprint density at radius 2 is 0.885 bits per heavy atom. The predicted molar refractivity (Wildman–Crippen MR) is 217 cm³/mol. The molecule has 0 saturated heterocycles. The Kier molecular flexibility index (Phi) is 16.6. The third-order valence-corrected chi connectivity index (χ3v) is 8.50. The van der Waals surface area contributed by atoms with Crippen LogP contribution in [-0.2, 0) is 22.7 Å². The van der Waals surface area contributed by atoms with Crippen molar-refractivity contribution < 1.29 is 9.59 Å². The number of rotatable bonds is 9. The average molecular weight is 709 g/mol. The number of hydrogen-bond donors (Lipinski definition) is 4. The lowest BCUT2D eigenvalue weighted by molar-refractivity contribution is -0.124. The Hall–Kier alpha value is -4.64. The molecule has 2 aromatic carbocycles. The third-order valence-electron chi connectivity index (χ3n) is 8.50. The minimum atomic E-state index is 0.104. The number of terminal acetylenes is 1. The smallest absolute Gasteiger partial charge is 0.224 e. The minimum absolute atomic E-state index is 0.104. The molecule has 2 aromatic heterocycles.